The second-order valence-corrected chi connectivity index (χ2v) is 3.22. The number of carbonyl (C=O) groups is 2. The quantitative estimate of drug-likeness (QED) is 0.357. The highest BCUT2D eigenvalue weighted by Gasteiger charge is 2.26. The van der Waals surface area contributed by atoms with Crippen LogP contribution in [0.3, 0.4) is 0 Å². The molecule has 0 aliphatic rings. The smallest absolute Gasteiger partial charge is 0.320 e. The van der Waals surface area contributed by atoms with Gasteiger partial charge in [-0.3, -0.25) is 9.59 Å². The lowest BCUT2D eigenvalue weighted by Gasteiger charge is -2.10. The Morgan fingerprint density at radius 3 is 2.40 bits per heavy atom. The number of carboxylic acid groups (broad SMARTS) is 1. The molecular formula is C10H18O5. The first-order valence-electron chi connectivity index (χ1n) is 5.13. The number of aliphatic hydroxyl groups is 1. The summed E-state index contributed by atoms with van der Waals surface area (Å²) in [6.07, 6.45) is 2.24. The normalized spacial score (nSPS) is 12.1. The molecule has 1 unspecified atom stereocenters. The van der Waals surface area contributed by atoms with Crippen molar-refractivity contribution in [2.24, 2.45) is 5.92 Å². The van der Waals surface area contributed by atoms with Crippen LogP contribution in [0.5, 0.6) is 0 Å². The van der Waals surface area contributed by atoms with Crippen LogP contribution in [0.1, 0.15) is 32.6 Å². The average molecular weight is 218 g/mol. The third-order valence-corrected chi connectivity index (χ3v) is 2.02. The highest BCUT2D eigenvalue weighted by molar-refractivity contribution is 5.93. The number of unbranched alkanes of at least 4 members (excludes halogenated alkanes) is 2. The SMILES string of the molecule is CCOC(=O)C(CCCCCO)C(=O)O. The van der Waals surface area contributed by atoms with Crippen LogP contribution in [0, 0.1) is 5.92 Å². The summed E-state index contributed by atoms with van der Waals surface area (Å²) in [5.74, 6) is -2.88. The van der Waals surface area contributed by atoms with Crippen LogP contribution in [-0.2, 0) is 14.3 Å². The number of hydrogen-bond acceptors (Lipinski definition) is 4. The number of aliphatic hydroxyl groups excluding tert-OH is 1. The molecular weight excluding hydrogens is 200 g/mol. The Hall–Kier alpha value is -1.10. The van der Waals surface area contributed by atoms with Gasteiger partial charge in [0.25, 0.3) is 0 Å². The molecule has 1 atom stereocenters. The highest BCUT2D eigenvalue weighted by Crippen LogP contribution is 2.12. The van der Waals surface area contributed by atoms with Gasteiger partial charge in [-0.1, -0.05) is 12.8 Å². The fourth-order valence-corrected chi connectivity index (χ4v) is 1.22. The summed E-state index contributed by atoms with van der Waals surface area (Å²) >= 11 is 0. The number of carbonyl (C=O) groups excluding carboxylic acids is 1. The van der Waals surface area contributed by atoms with Crippen LogP contribution in [0.25, 0.3) is 0 Å². The first-order chi connectivity index (χ1) is 7.13. The third kappa shape index (κ3) is 6.06. The van der Waals surface area contributed by atoms with Crippen LogP contribution in [0.4, 0.5) is 0 Å². The summed E-state index contributed by atoms with van der Waals surface area (Å²) in [6, 6.07) is 0. The molecule has 0 bridgehead atoms. The lowest BCUT2D eigenvalue weighted by molar-refractivity contribution is -0.158. The zero-order valence-corrected chi connectivity index (χ0v) is 8.94. The van der Waals surface area contributed by atoms with Crippen LogP contribution >= 0.6 is 0 Å². The standard InChI is InChI=1S/C10H18O5/c1-2-15-10(14)8(9(12)13)6-4-3-5-7-11/h8,11H,2-7H2,1H3,(H,12,13). The Morgan fingerprint density at radius 1 is 1.27 bits per heavy atom. The molecule has 0 aliphatic carbocycles. The van der Waals surface area contributed by atoms with Gasteiger partial charge in [0.1, 0.15) is 0 Å². The van der Waals surface area contributed by atoms with Gasteiger partial charge in [0.2, 0.25) is 0 Å². The number of ether oxygens (including phenoxy) is 1. The van der Waals surface area contributed by atoms with Gasteiger partial charge in [-0.05, 0) is 19.8 Å². The molecule has 0 radical (unpaired) electrons. The molecule has 0 aromatic heterocycles. The number of esters is 1. The Bertz CT molecular complexity index is 202. The Morgan fingerprint density at radius 2 is 1.93 bits per heavy atom. The molecule has 15 heavy (non-hydrogen) atoms. The summed E-state index contributed by atoms with van der Waals surface area (Å²) in [6.45, 7) is 1.93. The molecule has 0 rings (SSSR count). The van der Waals surface area contributed by atoms with E-state index in [4.69, 9.17) is 10.2 Å². The molecule has 0 aliphatic heterocycles. The minimum atomic E-state index is -1.14. The minimum absolute atomic E-state index is 0.0944. The lowest BCUT2D eigenvalue weighted by atomic mass is 10.0. The molecule has 2 N–H and O–H groups in total. The maximum absolute atomic E-state index is 11.2. The predicted octanol–water partition coefficient (Wildman–Crippen LogP) is 0.803. The summed E-state index contributed by atoms with van der Waals surface area (Å²) in [5, 5.41) is 17.3. The zero-order valence-electron chi connectivity index (χ0n) is 8.94. The monoisotopic (exact) mass is 218 g/mol. The van der Waals surface area contributed by atoms with Gasteiger partial charge in [0.15, 0.2) is 5.92 Å². The maximum Gasteiger partial charge on any atom is 0.320 e. The van der Waals surface area contributed by atoms with Crippen molar-refractivity contribution < 1.29 is 24.5 Å². The first-order valence-corrected chi connectivity index (χ1v) is 5.13. The van der Waals surface area contributed by atoms with Gasteiger partial charge in [-0.25, -0.2) is 0 Å². The lowest BCUT2D eigenvalue weighted by Crippen LogP contribution is -2.25. The van der Waals surface area contributed by atoms with Crippen molar-refractivity contribution in [3.05, 3.63) is 0 Å². The molecule has 5 heteroatoms. The van der Waals surface area contributed by atoms with E-state index in [9.17, 15) is 9.59 Å². The first kappa shape index (κ1) is 13.9. The molecule has 0 fully saturated rings. The molecule has 0 saturated heterocycles. The van der Waals surface area contributed by atoms with Gasteiger partial charge < -0.3 is 14.9 Å². The van der Waals surface area contributed by atoms with Gasteiger partial charge in [-0.2, -0.15) is 0 Å². The second-order valence-electron chi connectivity index (χ2n) is 3.22. The van der Waals surface area contributed by atoms with E-state index >= 15 is 0 Å². The van der Waals surface area contributed by atoms with E-state index in [0.29, 0.717) is 12.8 Å². The number of aliphatic carboxylic acids is 1. The fourth-order valence-electron chi connectivity index (χ4n) is 1.22. The maximum atomic E-state index is 11.2. The largest absolute Gasteiger partial charge is 0.481 e. The average Bonchev–Trinajstić information content (AvgIpc) is 2.17. The third-order valence-electron chi connectivity index (χ3n) is 2.02. The Kier molecular flexibility index (Phi) is 7.62. The van der Waals surface area contributed by atoms with Crippen molar-refractivity contribution in [2.75, 3.05) is 13.2 Å². The minimum Gasteiger partial charge on any atom is -0.481 e. The van der Waals surface area contributed by atoms with E-state index in [-0.39, 0.29) is 19.6 Å². The molecule has 0 aromatic carbocycles. The molecule has 0 amide bonds. The molecule has 5 nitrogen and oxygen atoms in total. The number of carboxylic acids is 1. The van der Waals surface area contributed by atoms with Crippen molar-refractivity contribution in [3.63, 3.8) is 0 Å². The fraction of sp³-hybridized carbons (Fsp3) is 0.800. The van der Waals surface area contributed by atoms with E-state index in [1.54, 1.807) is 6.92 Å². The van der Waals surface area contributed by atoms with Gasteiger partial charge in [0.05, 0.1) is 6.61 Å². The molecule has 0 spiro atoms. The van der Waals surface area contributed by atoms with Crippen molar-refractivity contribution in [3.8, 4) is 0 Å². The van der Waals surface area contributed by atoms with E-state index in [2.05, 4.69) is 4.74 Å². The van der Waals surface area contributed by atoms with Crippen molar-refractivity contribution in [1.82, 2.24) is 0 Å². The number of rotatable bonds is 8. The second kappa shape index (κ2) is 8.23. The van der Waals surface area contributed by atoms with Gasteiger partial charge in [0, 0.05) is 6.61 Å². The Balaban J connectivity index is 3.94. The predicted molar refractivity (Wildman–Crippen MR) is 53.3 cm³/mol. The van der Waals surface area contributed by atoms with Gasteiger partial charge >= 0.3 is 11.9 Å². The van der Waals surface area contributed by atoms with Gasteiger partial charge in [-0.15, -0.1) is 0 Å². The molecule has 0 aromatic rings. The Labute approximate surface area is 89.0 Å². The summed E-state index contributed by atoms with van der Waals surface area (Å²) in [7, 11) is 0. The van der Waals surface area contributed by atoms with Crippen LogP contribution in [-0.4, -0.2) is 35.4 Å². The van der Waals surface area contributed by atoms with E-state index < -0.39 is 17.9 Å². The summed E-state index contributed by atoms with van der Waals surface area (Å²) < 4.78 is 4.65. The zero-order chi connectivity index (χ0) is 11.7. The van der Waals surface area contributed by atoms with E-state index in [0.717, 1.165) is 6.42 Å². The molecule has 88 valence electrons. The van der Waals surface area contributed by atoms with Crippen LogP contribution < -0.4 is 0 Å². The van der Waals surface area contributed by atoms with Crippen molar-refractivity contribution >= 4 is 11.9 Å². The van der Waals surface area contributed by atoms with E-state index in [1.165, 1.54) is 0 Å². The molecule has 0 heterocycles. The van der Waals surface area contributed by atoms with Crippen LogP contribution in [0.15, 0.2) is 0 Å². The molecule has 0 saturated carbocycles. The summed E-state index contributed by atoms with van der Waals surface area (Å²) in [4.78, 5) is 21.9. The van der Waals surface area contributed by atoms with Crippen molar-refractivity contribution in [1.29, 1.82) is 0 Å². The topological polar surface area (TPSA) is 83.8 Å². The van der Waals surface area contributed by atoms with Crippen molar-refractivity contribution in [2.45, 2.75) is 32.6 Å². The number of hydrogen-bond donors (Lipinski definition) is 2. The summed E-state index contributed by atoms with van der Waals surface area (Å²) in [5.41, 5.74) is 0. The van der Waals surface area contributed by atoms with Crippen LogP contribution in [0.2, 0.25) is 0 Å². The highest BCUT2D eigenvalue weighted by atomic mass is 16.5. The van der Waals surface area contributed by atoms with E-state index in [1.807, 2.05) is 0 Å².